The number of nitro groups is 1. The Bertz CT molecular complexity index is 803. The molecule has 2 N–H and O–H groups in total. The van der Waals surface area contributed by atoms with Crippen molar-refractivity contribution >= 4 is 23.7 Å². The number of amides is 2. The Balaban J connectivity index is 2.27. The molecule has 0 aliphatic carbocycles. The fraction of sp³-hybridized carbons (Fsp3) is 0.353. The van der Waals surface area contributed by atoms with Crippen molar-refractivity contribution in [2.75, 3.05) is 13.2 Å². The van der Waals surface area contributed by atoms with E-state index in [1.54, 1.807) is 13.8 Å². The first-order valence-electron chi connectivity index (χ1n) is 8.27. The highest BCUT2D eigenvalue weighted by atomic mass is 16.6. The molecule has 0 radical (unpaired) electrons. The molecule has 1 aromatic carbocycles. The lowest BCUT2D eigenvalue weighted by molar-refractivity contribution is -0.385. The van der Waals surface area contributed by atoms with E-state index in [-0.39, 0.29) is 23.4 Å². The summed E-state index contributed by atoms with van der Waals surface area (Å²) in [5.74, 6) is -1.59. The van der Waals surface area contributed by atoms with Gasteiger partial charge in [0.15, 0.2) is 0 Å². The number of ether oxygens (including phenoxy) is 2. The zero-order valence-corrected chi connectivity index (χ0v) is 14.8. The molecule has 1 aromatic rings. The summed E-state index contributed by atoms with van der Waals surface area (Å²) in [7, 11) is 0. The molecule has 27 heavy (non-hydrogen) atoms. The van der Waals surface area contributed by atoms with E-state index in [1.807, 2.05) is 0 Å². The van der Waals surface area contributed by atoms with Gasteiger partial charge >= 0.3 is 18.0 Å². The van der Waals surface area contributed by atoms with E-state index in [1.165, 1.54) is 24.3 Å². The predicted octanol–water partition coefficient (Wildman–Crippen LogP) is 1.66. The van der Waals surface area contributed by atoms with Crippen LogP contribution in [0.25, 0.3) is 0 Å². The smallest absolute Gasteiger partial charge is 0.345 e. The Kier molecular flexibility index (Phi) is 6.47. The Morgan fingerprint density at radius 3 is 2.52 bits per heavy atom. The third-order valence-corrected chi connectivity index (χ3v) is 3.82. The summed E-state index contributed by atoms with van der Waals surface area (Å²) in [6, 6.07) is 4.18. The topological polar surface area (TPSA) is 137 Å². The van der Waals surface area contributed by atoms with Gasteiger partial charge in [0.1, 0.15) is 12.2 Å². The van der Waals surface area contributed by atoms with Crippen LogP contribution in [-0.4, -0.2) is 42.1 Å². The van der Waals surface area contributed by atoms with Gasteiger partial charge in [0.2, 0.25) is 0 Å². The lowest BCUT2D eigenvalue weighted by Crippen LogP contribution is -2.51. The maximum absolute atomic E-state index is 12.3. The second kappa shape index (κ2) is 8.79. The fourth-order valence-corrected chi connectivity index (χ4v) is 2.60. The van der Waals surface area contributed by atoms with Gasteiger partial charge in [-0.15, -0.1) is 0 Å². The van der Waals surface area contributed by atoms with Gasteiger partial charge in [-0.2, -0.15) is 0 Å². The highest BCUT2D eigenvalue weighted by Gasteiger charge is 2.32. The number of esters is 2. The van der Waals surface area contributed by atoms with E-state index in [9.17, 15) is 24.5 Å². The zero-order valence-electron chi connectivity index (χ0n) is 14.8. The van der Waals surface area contributed by atoms with Crippen LogP contribution in [0.15, 0.2) is 35.5 Å². The molecular formula is C17H19N3O7. The first kappa shape index (κ1) is 19.9. The number of nitrogens with one attached hydrogen (secondary N) is 2. The van der Waals surface area contributed by atoms with Gasteiger partial charge in [-0.25, -0.2) is 14.4 Å². The molecule has 0 saturated carbocycles. The summed E-state index contributed by atoms with van der Waals surface area (Å²) < 4.78 is 10.1. The Morgan fingerprint density at radius 1 is 1.19 bits per heavy atom. The van der Waals surface area contributed by atoms with Gasteiger partial charge in [-0.1, -0.05) is 19.1 Å². The molecule has 10 heteroatoms. The van der Waals surface area contributed by atoms with E-state index in [4.69, 9.17) is 9.47 Å². The molecule has 1 aliphatic rings. The average Bonchev–Trinajstić information content (AvgIpc) is 2.65. The third-order valence-electron chi connectivity index (χ3n) is 3.82. The van der Waals surface area contributed by atoms with Crippen LogP contribution in [0.2, 0.25) is 0 Å². The molecule has 1 atom stereocenters. The van der Waals surface area contributed by atoms with Gasteiger partial charge < -0.3 is 20.1 Å². The molecule has 2 rings (SSSR count). The van der Waals surface area contributed by atoms with Crippen molar-refractivity contribution in [2.45, 2.75) is 26.3 Å². The molecule has 1 aliphatic heterocycles. The number of rotatable bonds is 7. The van der Waals surface area contributed by atoms with E-state index in [0.29, 0.717) is 6.42 Å². The number of carbonyl (C=O) groups is 3. The molecular weight excluding hydrogens is 358 g/mol. The minimum absolute atomic E-state index is 0.0796. The molecule has 0 unspecified atom stereocenters. The minimum Gasteiger partial charge on any atom is -0.463 e. The zero-order chi connectivity index (χ0) is 20.0. The number of benzene rings is 1. The van der Waals surface area contributed by atoms with Crippen molar-refractivity contribution in [1.82, 2.24) is 10.6 Å². The van der Waals surface area contributed by atoms with Gasteiger partial charge in [0, 0.05) is 6.07 Å². The Morgan fingerprint density at radius 2 is 1.89 bits per heavy atom. The van der Waals surface area contributed by atoms with Gasteiger partial charge in [0.05, 0.1) is 28.8 Å². The first-order valence-corrected chi connectivity index (χ1v) is 8.27. The van der Waals surface area contributed by atoms with Gasteiger partial charge in [-0.05, 0) is 19.4 Å². The number of hydrogen-bond acceptors (Lipinski definition) is 7. The van der Waals surface area contributed by atoms with Crippen molar-refractivity contribution in [1.29, 1.82) is 0 Å². The number of hydrogen-bond donors (Lipinski definition) is 2. The molecule has 1 heterocycles. The number of carbonyl (C=O) groups excluding carboxylic acids is 3. The quantitative estimate of drug-likeness (QED) is 0.419. The van der Waals surface area contributed by atoms with Crippen molar-refractivity contribution in [3.05, 3.63) is 51.2 Å². The standard InChI is InChI=1S/C17H19N3O7/c1-3-11-14(16(22)26-4-2)12(19-17(23)18-11)9-27-15(21)10-7-5-6-8-13(10)20(24)25/h5-8,11H,3-4,9H2,1-2H3,(H2,18,19,23)/t11-/m0/s1. The Hall–Kier alpha value is -3.43. The largest absolute Gasteiger partial charge is 0.463 e. The second-order valence-electron chi connectivity index (χ2n) is 5.52. The number of urea groups is 1. The predicted molar refractivity (Wildman–Crippen MR) is 92.8 cm³/mol. The molecule has 0 fully saturated rings. The van der Waals surface area contributed by atoms with Crippen LogP contribution < -0.4 is 10.6 Å². The van der Waals surface area contributed by atoms with Crippen LogP contribution in [-0.2, 0) is 14.3 Å². The second-order valence-corrected chi connectivity index (χ2v) is 5.52. The van der Waals surface area contributed by atoms with Crippen molar-refractivity contribution in [3.63, 3.8) is 0 Å². The highest BCUT2D eigenvalue weighted by molar-refractivity contribution is 5.96. The highest BCUT2D eigenvalue weighted by Crippen LogP contribution is 2.21. The minimum atomic E-state index is -0.946. The van der Waals surface area contributed by atoms with Crippen LogP contribution in [0.1, 0.15) is 30.6 Å². The molecule has 0 spiro atoms. The molecule has 144 valence electrons. The number of nitrogens with zero attached hydrogens (tertiary/aromatic N) is 1. The molecule has 10 nitrogen and oxygen atoms in total. The molecule has 0 saturated heterocycles. The van der Waals surface area contributed by atoms with E-state index in [2.05, 4.69) is 10.6 Å². The summed E-state index contributed by atoms with van der Waals surface area (Å²) in [4.78, 5) is 46.6. The first-order chi connectivity index (χ1) is 12.9. The lowest BCUT2D eigenvalue weighted by Gasteiger charge is -2.28. The summed E-state index contributed by atoms with van der Waals surface area (Å²) in [6.45, 7) is 3.11. The van der Waals surface area contributed by atoms with Crippen molar-refractivity contribution < 1.29 is 28.8 Å². The van der Waals surface area contributed by atoms with Crippen LogP contribution in [0.5, 0.6) is 0 Å². The normalized spacial score (nSPS) is 16.2. The van der Waals surface area contributed by atoms with E-state index in [0.717, 1.165) is 0 Å². The number of para-hydroxylation sites is 1. The summed E-state index contributed by atoms with van der Waals surface area (Å²) in [6.07, 6.45) is 0.420. The number of nitro benzene ring substituents is 1. The van der Waals surface area contributed by atoms with Gasteiger partial charge in [-0.3, -0.25) is 10.1 Å². The van der Waals surface area contributed by atoms with E-state index < -0.39 is 41.2 Å². The fourth-order valence-electron chi connectivity index (χ4n) is 2.60. The maximum Gasteiger partial charge on any atom is 0.345 e. The molecule has 0 bridgehead atoms. The lowest BCUT2D eigenvalue weighted by atomic mass is 10.0. The molecule has 2 amide bonds. The van der Waals surface area contributed by atoms with Crippen LogP contribution >= 0.6 is 0 Å². The van der Waals surface area contributed by atoms with Gasteiger partial charge in [0.25, 0.3) is 5.69 Å². The van der Waals surface area contributed by atoms with E-state index >= 15 is 0 Å². The average molecular weight is 377 g/mol. The monoisotopic (exact) mass is 377 g/mol. The van der Waals surface area contributed by atoms with Crippen LogP contribution in [0.4, 0.5) is 10.5 Å². The van der Waals surface area contributed by atoms with Crippen molar-refractivity contribution in [2.24, 2.45) is 0 Å². The summed E-state index contributed by atoms with van der Waals surface area (Å²) >= 11 is 0. The summed E-state index contributed by atoms with van der Waals surface area (Å²) in [5.41, 5.74) is -0.402. The summed E-state index contributed by atoms with van der Waals surface area (Å²) in [5, 5.41) is 16.1. The molecule has 0 aromatic heterocycles. The van der Waals surface area contributed by atoms with Crippen LogP contribution in [0.3, 0.4) is 0 Å². The van der Waals surface area contributed by atoms with Crippen molar-refractivity contribution in [3.8, 4) is 0 Å². The van der Waals surface area contributed by atoms with Crippen LogP contribution in [0, 0.1) is 10.1 Å². The maximum atomic E-state index is 12.3. The third kappa shape index (κ3) is 4.60. The SMILES string of the molecule is CCOC(=O)C1=C(COC(=O)c2ccccc2[N+](=O)[O-])NC(=O)N[C@H]1CC. The Labute approximate surface area is 154 Å².